The molecule has 2 heterocycles. The number of rotatable bonds is 4. The number of benzene rings is 4. The molecule has 3 aliphatic rings. The molecule has 4 aromatic rings. The summed E-state index contributed by atoms with van der Waals surface area (Å²) in [5.41, 5.74) is 1.84. The SMILES string of the molecule is COc1ccc([C@H]2[C@H](C(=O)c3ccc(Cl)cc3)N3N=Cc4ccccc4[C@H]3C23C(=O)c2ccccc2C3=O)cc1. The fourth-order valence-corrected chi connectivity index (χ4v) is 6.87. The van der Waals surface area contributed by atoms with Crippen molar-refractivity contribution < 1.29 is 19.1 Å². The molecule has 1 spiro atoms. The maximum absolute atomic E-state index is 14.7. The summed E-state index contributed by atoms with van der Waals surface area (Å²) in [5.74, 6) is -1.02. The van der Waals surface area contributed by atoms with E-state index in [1.807, 2.05) is 36.4 Å². The summed E-state index contributed by atoms with van der Waals surface area (Å²) < 4.78 is 5.39. The van der Waals surface area contributed by atoms with Crippen molar-refractivity contribution in [1.29, 1.82) is 0 Å². The van der Waals surface area contributed by atoms with Crippen molar-refractivity contribution in [3.05, 3.63) is 135 Å². The van der Waals surface area contributed by atoms with Crippen LogP contribution in [0.4, 0.5) is 0 Å². The number of halogens is 1. The lowest BCUT2D eigenvalue weighted by molar-refractivity contribution is 0.0586. The average molecular weight is 547 g/mol. The van der Waals surface area contributed by atoms with E-state index in [2.05, 4.69) is 0 Å². The van der Waals surface area contributed by atoms with E-state index in [1.165, 1.54) is 0 Å². The molecule has 1 fully saturated rings. The minimum atomic E-state index is -1.61. The number of nitrogens with zero attached hydrogens (tertiary/aromatic N) is 2. The standard InChI is InChI=1S/C33H23ClN2O4/c1-40-23-16-12-19(13-17-23)27-28(29(37)20-10-14-22(34)15-11-20)36-30(24-7-3-2-6-21(24)18-35-36)33(27)31(38)25-8-4-5-9-26(25)32(33)39/h2-18,27-28,30H,1H3/t27-,28+,30-/m0/s1. The van der Waals surface area contributed by atoms with E-state index in [0.717, 1.165) is 11.1 Å². The summed E-state index contributed by atoms with van der Waals surface area (Å²) in [6, 6.07) is 26.8. The Morgan fingerprint density at radius 1 is 0.850 bits per heavy atom. The molecule has 6 nitrogen and oxygen atoms in total. The van der Waals surface area contributed by atoms with E-state index < -0.39 is 23.4 Å². The third-order valence-electron chi connectivity index (χ3n) is 8.45. The van der Waals surface area contributed by atoms with Crippen LogP contribution in [0.15, 0.2) is 102 Å². The molecule has 1 aliphatic carbocycles. The molecule has 7 heteroatoms. The molecule has 0 saturated carbocycles. The van der Waals surface area contributed by atoms with Crippen molar-refractivity contribution in [2.75, 3.05) is 7.11 Å². The minimum Gasteiger partial charge on any atom is -0.497 e. The summed E-state index contributed by atoms with van der Waals surface area (Å²) in [5, 5.41) is 6.97. The van der Waals surface area contributed by atoms with Crippen molar-refractivity contribution >= 4 is 35.2 Å². The number of ketones is 3. The van der Waals surface area contributed by atoms with Crippen LogP contribution in [0.3, 0.4) is 0 Å². The molecule has 0 aromatic heterocycles. The number of methoxy groups -OCH3 is 1. The van der Waals surface area contributed by atoms with Crippen LogP contribution < -0.4 is 4.74 Å². The van der Waals surface area contributed by atoms with Gasteiger partial charge in [-0.2, -0.15) is 5.10 Å². The second-order valence-electron chi connectivity index (χ2n) is 10.3. The topological polar surface area (TPSA) is 76.0 Å². The van der Waals surface area contributed by atoms with Gasteiger partial charge in [0, 0.05) is 27.6 Å². The van der Waals surface area contributed by atoms with Gasteiger partial charge >= 0.3 is 0 Å². The van der Waals surface area contributed by atoms with Crippen LogP contribution >= 0.6 is 11.6 Å². The number of hydrogen-bond acceptors (Lipinski definition) is 6. The first kappa shape index (κ1) is 24.5. The van der Waals surface area contributed by atoms with Crippen LogP contribution in [0, 0.1) is 5.41 Å². The largest absolute Gasteiger partial charge is 0.497 e. The quantitative estimate of drug-likeness (QED) is 0.226. The molecule has 4 aromatic carbocycles. The number of fused-ring (bicyclic) bond motifs is 5. The number of carbonyl (C=O) groups is 3. The van der Waals surface area contributed by atoms with E-state index in [4.69, 9.17) is 21.4 Å². The molecule has 2 aliphatic heterocycles. The molecule has 0 amide bonds. The van der Waals surface area contributed by atoms with Crippen molar-refractivity contribution in [2.45, 2.75) is 18.0 Å². The highest BCUT2D eigenvalue weighted by Crippen LogP contribution is 2.64. The smallest absolute Gasteiger partial charge is 0.187 e. The molecule has 7 rings (SSSR count). The normalized spacial score (nSPS) is 21.8. The third-order valence-corrected chi connectivity index (χ3v) is 8.70. The molecule has 0 N–H and O–H groups in total. The maximum atomic E-state index is 14.7. The van der Waals surface area contributed by atoms with E-state index >= 15 is 0 Å². The summed E-state index contributed by atoms with van der Waals surface area (Å²) in [6.07, 6.45) is 1.70. The summed E-state index contributed by atoms with van der Waals surface area (Å²) in [6.45, 7) is 0. The Kier molecular flexibility index (Phi) is 5.51. The molecule has 0 bridgehead atoms. The Morgan fingerprint density at radius 3 is 2.12 bits per heavy atom. The van der Waals surface area contributed by atoms with Crippen LogP contribution in [0.2, 0.25) is 5.02 Å². The Balaban J connectivity index is 1.54. The van der Waals surface area contributed by atoms with Crippen LogP contribution in [0.25, 0.3) is 0 Å². The van der Waals surface area contributed by atoms with Crippen molar-refractivity contribution in [3.63, 3.8) is 0 Å². The highest BCUT2D eigenvalue weighted by Gasteiger charge is 2.72. The fraction of sp³-hybridized carbons (Fsp3) is 0.152. The van der Waals surface area contributed by atoms with Gasteiger partial charge in [-0.25, -0.2) is 0 Å². The fourth-order valence-electron chi connectivity index (χ4n) is 6.75. The Morgan fingerprint density at radius 2 is 1.48 bits per heavy atom. The first-order valence-electron chi connectivity index (χ1n) is 13.0. The lowest BCUT2D eigenvalue weighted by atomic mass is 9.63. The zero-order chi connectivity index (χ0) is 27.6. The molecule has 0 radical (unpaired) electrons. The van der Waals surface area contributed by atoms with Crippen LogP contribution in [-0.2, 0) is 0 Å². The molecular weight excluding hydrogens is 524 g/mol. The minimum absolute atomic E-state index is 0.243. The van der Waals surface area contributed by atoms with Gasteiger partial charge in [0.1, 0.15) is 17.2 Å². The number of carbonyl (C=O) groups excluding carboxylic acids is 3. The van der Waals surface area contributed by atoms with Crippen LogP contribution in [0.1, 0.15) is 59.7 Å². The van der Waals surface area contributed by atoms with Crippen molar-refractivity contribution in [2.24, 2.45) is 10.5 Å². The van der Waals surface area contributed by atoms with E-state index in [-0.39, 0.29) is 17.3 Å². The highest BCUT2D eigenvalue weighted by atomic mass is 35.5. The molecule has 0 unspecified atom stereocenters. The van der Waals surface area contributed by atoms with Gasteiger partial charge in [-0.1, -0.05) is 72.3 Å². The van der Waals surface area contributed by atoms with Gasteiger partial charge in [0.15, 0.2) is 17.3 Å². The Bertz CT molecular complexity index is 1690. The Labute approximate surface area is 235 Å². The number of Topliss-reactive ketones (excluding diaryl/α,β-unsaturated/α-hetero) is 3. The molecule has 1 saturated heterocycles. The van der Waals surface area contributed by atoms with Gasteiger partial charge in [-0.05, 0) is 53.1 Å². The summed E-state index contributed by atoms with van der Waals surface area (Å²) in [4.78, 5) is 43.9. The highest BCUT2D eigenvalue weighted by molar-refractivity contribution is 6.32. The molecular formula is C33H23ClN2O4. The number of hydrazone groups is 1. The molecule has 196 valence electrons. The summed E-state index contributed by atoms with van der Waals surface area (Å²) >= 11 is 6.14. The van der Waals surface area contributed by atoms with E-state index in [9.17, 15) is 14.4 Å². The predicted molar refractivity (Wildman–Crippen MR) is 151 cm³/mol. The zero-order valence-electron chi connectivity index (χ0n) is 21.5. The Hall–Kier alpha value is -4.55. The second-order valence-corrected chi connectivity index (χ2v) is 10.7. The summed E-state index contributed by atoms with van der Waals surface area (Å²) in [7, 11) is 1.57. The van der Waals surface area contributed by atoms with E-state index in [0.29, 0.717) is 33.0 Å². The van der Waals surface area contributed by atoms with Gasteiger partial charge < -0.3 is 4.74 Å². The van der Waals surface area contributed by atoms with Gasteiger partial charge in [0.25, 0.3) is 0 Å². The van der Waals surface area contributed by atoms with Gasteiger partial charge in [0.2, 0.25) is 0 Å². The predicted octanol–water partition coefficient (Wildman–Crippen LogP) is 6.15. The third kappa shape index (κ3) is 3.23. The van der Waals surface area contributed by atoms with Crippen LogP contribution in [-0.4, -0.2) is 41.7 Å². The second kappa shape index (κ2) is 9.00. The van der Waals surface area contributed by atoms with Crippen molar-refractivity contribution in [3.8, 4) is 5.75 Å². The number of hydrogen-bond donors (Lipinski definition) is 0. The number of ether oxygens (including phenoxy) is 1. The lowest BCUT2D eigenvalue weighted by Gasteiger charge is -2.36. The van der Waals surface area contributed by atoms with Crippen molar-refractivity contribution in [1.82, 2.24) is 5.01 Å². The zero-order valence-corrected chi connectivity index (χ0v) is 22.2. The van der Waals surface area contributed by atoms with E-state index in [1.54, 1.807) is 79.0 Å². The molecule has 3 atom stereocenters. The monoisotopic (exact) mass is 546 g/mol. The van der Waals surface area contributed by atoms with Gasteiger partial charge in [0.05, 0.1) is 19.4 Å². The lowest BCUT2D eigenvalue weighted by Crippen LogP contribution is -2.43. The first-order valence-corrected chi connectivity index (χ1v) is 13.4. The maximum Gasteiger partial charge on any atom is 0.187 e. The first-order chi connectivity index (χ1) is 19.5. The average Bonchev–Trinajstić information content (AvgIpc) is 3.43. The van der Waals surface area contributed by atoms with Gasteiger partial charge in [-0.3, -0.25) is 19.4 Å². The van der Waals surface area contributed by atoms with Gasteiger partial charge in [-0.15, -0.1) is 0 Å². The molecule has 40 heavy (non-hydrogen) atoms. The van der Waals surface area contributed by atoms with Crippen LogP contribution in [0.5, 0.6) is 5.75 Å².